The molecule has 0 saturated carbocycles. The van der Waals surface area contributed by atoms with Gasteiger partial charge in [0.05, 0.1) is 39.9 Å². The molecule has 414 valence electrons. The molecule has 72 heavy (non-hydrogen) atoms. The van der Waals surface area contributed by atoms with Crippen molar-refractivity contribution in [3.05, 3.63) is 109 Å². The average molecular weight is 1020 g/mol. The Labute approximate surface area is 444 Å². The van der Waals surface area contributed by atoms with Crippen LogP contribution in [0.3, 0.4) is 0 Å². The van der Waals surface area contributed by atoms with E-state index in [1.165, 1.54) is 116 Å². The smallest absolute Gasteiger partial charge is 0.387 e. The zero-order chi connectivity index (χ0) is 52.7. The van der Waals surface area contributed by atoms with Gasteiger partial charge in [0.1, 0.15) is 13.2 Å². The fourth-order valence-corrected chi connectivity index (χ4v) is 8.64. The summed E-state index contributed by atoms with van der Waals surface area (Å²) in [5.74, 6) is -0.219. The van der Waals surface area contributed by atoms with E-state index in [0.717, 1.165) is 96.3 Å². The lowest BCUT2D eigenvalue weighted by Crippen LogP contribution is -2.45. The third kappa shape index (κ3) is 54.9. The maximum absolute atomic E-state index is 13.0. The second-order valence-electron chi connectivity index (χ2n) is 20.6. The number of carbonyl (C=O) groups excluding carboxylic acids is 1. The molecule has 0 bridgehead atoms. The van der Waals surface area contributed by atoms with Gasteiger partial charge in [-0.25, -0.2) is 4.57 Å². The molecule has 0 aromatic heterocycles. The minimum atomic E-state index is -4.38. The van der Waals surface area contributed by atoms with Crippen molar-refractivity contribution in [1.82, 2.24) is 5.32 Å². The summed E-state index contributed by atoms with van der Waals surface area (Å²) in [6.07, 6.45) is 77.7. The maximum atomic E-state index is 13.0. The van der Waals surface area contributed by atoms with Crippen LogP contribution >= 0.6 is 7.82 Å². The first-order valence-electron chi connectivity index (χ1n) is 29.3. The molecular weight excluding hydrogens is 912 g/mol. The van der Waals surface area contributed by atoms with Crippen LogP contribution in [-0.2, 0) is 18.4 Å². The van der Waals surface area contributed by atoms with E-state index in [1.54, 1.807) is 6.08 Å². The third-order valence-corrected chi connectivity index (χ3v) is 13.4. The molecule has 0 aliphatic heterocycles. The second kappa shape index (κ2) is 53.0. The lowest BCUT2D eigenvalue weighted by atomic mass is 10.0. The maximum Gasteiger partial charge on any atom is 0.472 e. The predicted molar refractivity (Wildman–Crippen MR) is 313 cm³/mol. The van der Waals surface area contributed by atoms with Crippen LogP contribution in [0.1, 0.15) is 232 Å². The molecule has 3 atom stereocenters. The van der Waals surface area contributed by atoms with E-state index in [1.807, 2.05) is 27.2 Å². The van der Waals surface area contributed by atoms with Crippen LogP contribution in [0.25, 0.3) is 0 Å². The summed E-state index contributed by atoms with van der Waals surface area (Å²) < 4.78 is 23.7. The van der Waals surface area contributed by atoms with Crippen LogP contribution in [0.2, 0.25) is 0 Å². The Hall–Kier alpha value is -2.84. The standard InChI is InChI=1S/C63H111N2O6P/c1-6-8-10-12-14-16-18-20-22-24-26-28-30-31-32-33-35-36-38-40-42-44-46-48-50-52-54-56-62(66)61(60-71-72(68,69)70-59-58-65(3,4)5)64-63(67)57-55-53-51-49-47-45-43-41-39-37-34-29-27-25-23-21-19-17-15-13-11-9-7-2/h9,11,15,17,21,23,27,29,37-40,43,45-46,48,54,56,61-62,66H,6-8,10,12-14,16,18-20,22,24-26,28,30-36,41-42,44,47,49-53,55,57-60H2,1-5H3,(H-,64,67,68,69)/p+1/b11-9-,17-15-,23-21-,29-27-,39-37-,40-38+,45-43-,48-46+,56-54+. The number of phosphoric acid groups is 1. The number of likely N-dealkylation sites (N-methyl/N-ethyl adjacent to an activating group) is 1. The van der Waals surface area contributed by atoms with Crippen molar-refractivity contribution in [3.63, 3.8) is 0 Å². The van der Waals surface area contributed by atoms with E-state index < -0.39 is 20.0 Å². The van der Waals surface area contributed by atoms with Crippen LogP contribution in [0.5, 0.6) is 0 Å². The second-order valence-corrected chi connectivity index (χ2v) is 22.1. The van der Waals surface area contributed by atoms with Crippen LogP contribution in [-0.4, -0.2) is 73.4 Å². The van der Waals surface area contributed by atoms with Gasteiger partial charge in [0.2, 0.25) is 5.91 Å². The summed E-state index contributed by atoms with van der Waals surface area (Å²) in [5.41, 5.74) is 0. The highest BCUT2D eigenvalue weighted by Gasteiger charge is 2.27. The van der Waals surface area contributed by atoms with Crippen molar-refractivity contribution in [1.29, 1.82) is 0 Å². The van der Waals surface area contributed by atoms with Gasteiger partial charge in [-0.2, -0.15) is 0 Å². The van der Waals surface area contributed by atoms with Crippen LogP contribution in [0.4, 0.5) is 0 Å². The minimum Gasteiger partial charge on any atom is -0.387 e. The number of unbranched alkanes of at least 4 members (excludes halogenated alkanes) is 23. The topological polar surface area (TPSA) is 105 Å². The number of hydrogen-bond acceptors (Lipinski definition) is 5. The van der Waals surface area contributed by atoms with Gasteiger partial charge >= 0.3 is 7.82 Å². The molecule has 0 saturated heterocycles. The number of aliphatic hydroxyl groups excluding tert-OH is 1. The largest absolute Gasteiger partial charge is 0.472 e. The number of aliphatic hydroxyl groups is 1. The number of quaternary nitrogens is 1. The molecule has 0 spiro atoms. The Morgan fingerprint density at radius 2 is 0.847 bits per heavy atom. The van der Waals surface area contributed by atoms with Gasteiger partial charge < -0.3 is 19.8 Å². The summed E-state index contributed by atoms with van der Waals surface area (Å²) >= 11 is 0. The zero-order valence-electron chi connectivity index (χ0n) is 47.1. The first-order valence-corrected chi connectivity index (χ1v) is 30.8. The SMILES string of the molecule is CC/C=C\C/C=C\C/C=C\C/C=C\C/C=C\C/C=C\CCCCCCC(=O)NC(COP(=O)(O)OCC[N+](C)(C)C)C(O)/C=C/CC/C=C/CC/C=C/CCCCCCCCCCCCCCCCCCC. The van der Waals surface area contributed by atoms with Crippen LogP contribution in [0, 0.1) is 0 Å². The molecule has 3 unspecified atom stereocenters. The average Bonchev–Trinajstić information content (AvgIpc) is 3.34. The van der Waals surface area contributed by atoms with E-state index >= 15 is 0 Å². The first kappa shape index (κ1) is 69.2. The molecule has 0 aliphatic carbocycles. The fourth-order valence-electron chi connectivity index (χ4n) is 7.90. The van der Waals surface area contributed by atoms with Gasteiger partial charge in [-0.1, -0.05) is 239 Å². The number of nitrogens with zero attached hydrogens (tertiary/aromatic N) is 1. The Morgan fingerprint density at radius 1 is 0.486 bits per heavy atom. The van der Waals surface area contributed by atoms with Crippen molar-refractivity contribution in [2.75, 3.05) is 40.9 Å². The van der Waals surface area contributed by atoms with Crippen molar-refractivity contribution in [3.8, 4) is 0 Å². The zero-order valence-corrected chi connectivity index (χ0v) is 48.0. The number of rotatable bonds is 52. The number of phosphoric ester groups is 1. The number of amides is 1. The third-order valence-electron chi connectivity index (χ3n) is 12.5. The van der Waals surface area contributed by atoms with Gasteiger partial charge in [-0.05, 0) is 96.3 Å². The highest BCUT2D eigenvalue weighted by Crippen LogP contribution is 2.43. The summed E-state index contributed by atoms with van der Waals surface area (Å²) in [4.78, 5) is 23.3. The lowest BCUT2D eigenvalue weighted by Gasteiger charge is -2.25. The first-order chi connectivity index (χ1) is 35.0. The summed E-state index contributed by atoms with van der Waals surface area (Å²) in [6, 6.07) is -0.893. The van der Waals surface area contributed by atoms with Crippen LogP contribution < -0.4 is 5.32 Å². The van der Waals surface area contributed by atoms with Gasteiger partial charge in [-0.15, -0.1) is 0 Å². The number of nitrogens with one attached hydrogen (secondary N) is 1. The van der Waals surface area contributed by atoms with E-state index in [4.69, 9.17) is 9.05 Å². The van der Waals surface area contributed by atoms with Gasteiger partial charge in [0.25, 0.3) is 0 Å². The van der Waals surface area contributed by atoms with Crippen molar-refractivity contribution < 1.29 is 32.9 Å². The monoisotopic (exact) mass is 1020 g/mol. The van der Waals surface area contributed by atoms with E-state index in [9.17, 15) is 19.4 Å². The van der Waals surface area contributed by atoms with Crippen molar-refractivity contribution in [2.24, 2.45) is 0 Å². The van der Waals surface area contributed by atoms with Gasteiger partial charge in [-0.3, -0.25) is 13.8 Å². The molecule has 8 nitrogen and oxygen atoms in total. The molecular formula is C63H112N2O6P+. The number of allylic oxidation sites excluding steroid dienone is 17. The highest BCUT2D eigenvalue weighted by molar-refractivity contribution is 7.47. The molecule has 0 aromatic carbocycles. The molecule has 0 radical (unpaired) electrons. The predicted octanol–water partition coefficient (Wildman–Crippen LogP) is 18.0. The Bertz CT molecular complexity index is 1540. The Morgan fingerprint density at radius 3 is 1.28 bits per heavy atom. The van der Waals surface area contributed by atoms with E-state index in [0.29, 0.717) is 17.4 Å². The van der Waals surface area contributed by atoms with Crippen LogP contribution in [0.15, 0.2) is 109 Å². The molecule has 0 fully saturated rings. The molecule has 3 N–H and O–H groups in total. The normalized spacial score (nSPS) is 14.7. The number of carbonyl (C=O) groups is 1. The van der Waals surface area contributed by atoms with Crippen molar-refractivity contribution >= 4 is 13.7 Å². The molecule has 0 rings (SSSR count). The van der Waals surface area contributed by atoms with E-state index in [-0.39, 0.29) is 19.1 Å². The lowest BCUT2D eigenvalue weighted by molar-refractivity contribution is -0.870. The van der Waals surface area contributed by atoms with E-state index in [2.05, 4.69) is 116 Å². The summed E-state index contributed by atoms with van der Waals surface area (Å²) in [5, 5.41) is 13.9. The molecule has 0 heterocycles. The van der Waals surface area contributed by atoms with Gasteiger partial charge in [0.15, 0.2) is 0 Å². The quantitative estimate of drug-likeness (QED) is 0.0243. The Balaban J connectivity index is 4.36. The highest BCUT2D eigenvalue weighted by atomic mass is 31.2. The Kier molecular flexibility index (Phi) is 50.9. The fraction of sp³-hybridized carbons (Fsp3) is 0.698. The summed E-state index contributed by atoms with van der Waals surface area (Å²) in [7, 11) is 1.51. The molecule has 9 heteroatoms. The minimum absolute atomic E-state index is 0.0419. The van der Waals surface area contributed by atoms with Crippen molar-refractivity contribution in [2.45, 2.75) is 244 Å². The molecule has 0 aromatic rings. The molecule has 0 aliphatic rings. The molecule has 1 amide bonds. The van der Waals surface area contributed by atoms with Gasteiger partial charge in [0, 0.05) is 6.42 Å². The summed E-state index contributed by atoms with van der Waals surface area (Å²) in [6.45, 7) is 4.65. The number of hydrogen-bond donors (Lipinski definition) is 3.